The third kappa shape index (κ3) is 2.32. The van der Waals surface area contributed by atoms with Crippen molar-refractivity contribution in [3.8, 4) is 0 Å². The van der Waals surface area contributed by atoms with Gasteiger partial charge >= 0.3 is 0 Å². The van der Waals surface area contributed by atoms with Gasteiger partial charge in [-0.1, -0.05) is 13.0 Å². The van der Waals surface area contributed by atoms with E-state index in [9.17, 15) is 9.18 Å². The molecule has 2 bridgehead atoms. The monoisotopic (exact) mass is 328 g/mol. The van der Waals surface area contributed by atoms with E-state index in [0.717, 1.165) is 43.9 Å². The fourth-order valence-corrected chi connectivity index (χ4v) is 3.96. The standard InChI is InChI=1S/C18H21FN4O/c1-3-16-20-21-17-9-13-6-7-14(10-22(16)17)23(13)18(24)12-5-4-11(2)15(19)8-12/h4-5,8,13-14H,3,6-7,9-10H2,1-2H3/t13-,14+/m0/s1. The van der Waals surface area contributed by atoms with E-state index in [4.69, 9.17) is 0 Å². The zero-order chi connectivity index (χ0) is 16.8. The third-order valence-electron chi connectivity index (χ3n) is 5.30. The second-order valence-corrected chi connectivity index (χ2v) is 6.76. The number of aromatic nitrogens is 3. The summed E-state index contributed by atoms with van der Waals surface area (Å²) in [5, 5.41) is 8.58. The maximum absolute atomic E-state index is 13.9. The molecule has 0 aliphatic carbocycles. The predicted octanol–water partition coefficient (Wildman–Crippen LogP) is 2.52. The van der Waals surface area contributed by atoms with Gasteiger partial charge in [-0.05, 0) is 37.5 Å². The van der Waals surface area contributed by atoms with Crippen molar-refractivity contribution in [3.05, 3.63) is 46.8 Å². The van der Waals surface area contributed by atoms with E-state index in [-0.39, 0.29) is 23.8 Å². The Hall–Kier alpha value is -2.24. The Morgan fingerprint density at radius 1 is 1.29 bits per heavy atom. The number of amides is 1. The molecule has 126 valence electrons. The van der Waals surface area contributed by atoms with Crippen LogP contribution in [0.5, 0.6) is 0 Å². The molecule has 24 heavy (non-hydrogen) atoms. The van der Waals surface area contributed by atoms with Crippen LogP contribution in [0.1, 0.15) is 47.3 Å². The zero-order valence-corrected chi connectivity index (χ0v) is 14.0. The summed E-state index contributed by atoms with van der Waals surface area (Å²) < 4.78 is 16.0. The van der Waals surface area contributed by atoms with Crippen LogP contribution in [0.25, 0.3) is 0 Å². The van der Waals surface area contributed by atoms with Gasteiger partial charge in [-0.25, -0.2) is 4.39 Å². The lowest BCUT2D eigenvalue weighted by Gasteiger charge is -2.28. The van der Waals surface area contributed by atoms with Gasteiger partial charge in [0.2, 0.25) is 0 Å². The Morgan fingerprint density at radius 2 is 2.08 bits per heavy atom. The number of fused-ring (bicyclic) bond motifs is 3. The topological polar surface area (TPSA) is 51.0 Å². The smallest absolute Gasteiger partial charge is 0.254 e. The average Bonchev–Trinajstić information content (AvgIpc) is 3.09. The Labute approximate surface area is 140 Å². The summed E-state index contributed by atoms with van der Waals surface area (Å²) in [6.07, 6.45) is 3.51. The molecule has 1 amide bonds. The lowest BCUT2D eigenvalue weighted by molar-refractivity contribution is 0.0664. The van der Waals surface area contributed by atoms with Gasteiger partial charge in [0, 0.05) is 31.0 Å². The van der Waals surface area contributed by atoms with Crippen molar-refractivity contribution in [2.45, 2.75) is 58.2 Å². The Bertz CT molecular complexity index is 800. The molecule has 1 fully saturated rings. The van der Waals surface area contributed by atoms with Crippen molar-refractivity contribution in [1.29, 1.82) is 0 Å². The van der Waals surface area contributed by atoms with Crippen molar-refractivity contribution in [2.24, 2.45) is 0 Å². The lowest BCUT2D eigenvalue weighted by Crippen LogP contribution is -2.42. The van der Waals surface area contributed by atoms with Crippen LogP contribution in [-0.4, -0.2) is 37.7 Å². The summed E-state index contributed by atoms with van der Waals surface area (Å²) in [6, 6.07) is 5.02. The predicted molar refractivity (Wildman–Crippen MR) is 87.2 cm³/mol. The molecule has 6 heteroatoms. The molecule has 0 N–H and O–H groups in total. The molecule has 1 aromatic carbocycles. The van der Waals surface area contributed by atoms with E-state index in [1.165, 1.54) is 6.07 Å². The van der Waals surface area contributed by atoms with Gasteiger partial charge in [0.1, 0.15) is 17.5 Å². The molecule has 4 rings (SSSR count). The van der Waals surface area contributed by atoms with Gasteiger partial charge in [0.05, 0.1) is 6.04 Å². The van der Waals surface area contributed by atoms with Gasteiger partial charge in [-0.15, -0.1) is 10.2 Å². The highest BCUT2D eigenvalue weighted by Gasteiger charge is 2.41. The largest absolute Gasteiger partial charge is 0.330 e. The van der Waals surface area contributed by atoms with Crippen LogP contribution in [0.2, 0.25) is 0 Å². The quantitative estimate of drug-likeness (QED) is 0.851. The molecule has 0 unspecified atom stereocenters. The van der Waals surface area contributed by atoms with Gasteiger partial charge in [0.25, 0.3) is 5.91 Å². The summed E-state index contributed by atoms with van der Waals surface area (Å²) in [6.45, 7) is 4.51. The molecule has 0 radical (unpaired) electrons. The molecular weight excluding hydrogens is 307 g/mol. The number of carbonyl (C=O) groups is 1. The maximum Gasteiger partial charge on any atom is 0.254 e. The molecule has 1 saturated heterocycles. The molecule has 1 aromatic heterocycles. The molecule has 5 nitrogen and oxygen atoms in total. The minimum absolute atomic E-state index is 0.0711. The van der Waals surface area contributed by atoms with E-state index in [1.54, 1.807) is 19.1 Å². The summed E-state index contributed by atoms with van der Waals surface area (Å²) >= 11 is 0. The molecule has 2 aliphatic rings. The number of hydrogen-bond acceptors (Lipinski definition) is 3. The molecule has 3 heterocycles. The molecule has 0 saturated carbocycles. The van der Waals surface area contributed by atoms with E-state index in [0.29, 0.717) is 11.1 Å². The highest BCUT2D eigenvalue weighted by Crippen LogP contribution is 2.33. The van der Waals surface area contributed by atoms with Crippen LogP contribution in [0, 0.1) is 12.7 Å². The molecule has 2 atom stereocenters. The van der Waals surface area contributed by atoms with Crippen molar-refractivity contribution in [1.82, 2.24) is 19.7 Å². The number of aryl methyl sites for hydroxylation is 2. The SMILES string of the molecule is CCc1nnc2n1C[C@H]1CC[C@@H](C2)N1C(=O)c1ccc(C)c(F)c1. The van der Waals surface area contributed by atoms with Gasteiger partial charge in [-0.2, -0.15) is 0 Å². The highest BCUT2D eigenvalue weighted by molar-refractivity contribution is 5.95. The number of hydrogen-bond donors (Lipinski definition) is 0. The third-order valence-corrected chi connectivity index (χ3v) is 5.30. The minimum atomic E-state index is -0.326. The first-order valence-corrected chi connectivity index (χ1v) is 8.58. The number of benzene rings is 1. The molecular formula is C18H21FN4O. The summed E-state index contributed by atoms with van der Waals surface area (Å²) in [5.41, 5.74) is 0.993. The highest BCUT2D eigenvalue weighted by atomic mass is 19.1. The van der Waals surface area contributed by atoms with E-state index < -0.39 is 0 Å². The van der Waals surface area contributed by atoms with Crippen LogP contribution in [0.3, 0.4) is 0 Å². The molecule has 2 aromatic rings. The van der Waals surface area contributed by atoms with E-state index >= 15 is 0 Å². The van der Waals surface area contributed by atoms with Crippen LogP contribution >= 0.6 is 0 Å². The van der Waals surface area contributed by atoms with Gasteiger partial charge < -0.3 is 9.47 Å². The van der Waals surface area contributed by atoms with Gasteiger partial charge in [-0.3, -0.25) is 4.79 Å². The molecule has 0 spiro atoms. The Kier molecular flexibility index (Phi) is 3.62. The number of rotatable bonds is 2. The first-order chi connectivity index (χ1) is 11.6. The first kappa shape index (κ1) is 15.3. The van der Waals surface area contributed by atoms with Crippen molar-refractivity contribution in [2.75, 3.05) is 0 Å². The number of nitrogens with zero attached hydrogens (tertiary/aromatic N) is 4. The lowest BCUT2D eigenvalue weighted by atomic mass is 10.1. The van der Waals surface area contributed by atoms with Crippen molar-refractivity contribution in [3.63, 3.8) is 0 Å². The average molecular weight is 328 g/mol. The fourth-order valence-electron chi connectivity index (χ4n) is 3.96. The normalized spacial score (nSPS) is 22.4. The zero-order valence-electron chi connectivity index (χ0n) is 14.0. The second-order valence-electron chi connectivity index (χ2n) is 6.76. The second kappa shape index (κ2) is 5.69. The summed E-state index contributed by atoms with van der Waals surface area (Å²) in [5.74, 6) is 1.55. The first-order valence-electron chi connectivity index (χ1n) is 8.58. The summed E-state index contributed by atoms with van der Waals surface area (Å²) in [7, 11) is 0. The van der Waals surface area contributed by atoms with Crippen molar-refractivity contribution >= 4 is 5.91 Å². The van der Waals surface area contributed by atoms with E-state index in [2.05, 4.69) is 21.7 Å². The minimum Gasteiger partial charge on any atom is -0.330 e. The Balaban J connectivity index is 1.66. The number of halogens is 1. The fraction of sp³-hybridized carbons (Fsp3) is 0.500. The van der Waals surface area contributed by atoms with Crippen LogP contribution in [0.15, 0.2) is 18.2 Å². The van der Waals surface area contributed by atoms with Crippen LogP contribution in [-0.2, 0) is 19.4 Å². The Morgan fingerprint density at radius 3 is 2.83 bits per heavy atom. The van der Waals surface area contributed by atoms with Gasteiger partial charge in [0.15, 0.2) is 0 Å². The van der Waals surface area contributed by atoms with Crippen LogP contribution in [0.4, 0.5) is 4.39 Å². The van der Waals surface area contributed by atoms with Crippen molar-refractivity contribution < 1.29 is 9.18 Å². The summed E-state index contributed by atoms with van der Waals surface area (Å²) in [4.78, 5) is 15.0. The van der Waals surface area contributed by atoms with E-state index in [1.807, 2.05) is 4.90 Å². The molecule has 2 aliphatic heterocycles. The number of carbonyl (C=O) groups excluding carboxylic acids is 1. The maximum atomic E-state index is 13.9. The van der Waals surface area contributed by atoms with Crippen LogP contribution < -0.4 is 0 Å².